The zero-order chi connectivity index (χ0) is 21.7. The predicted molar refractivity (Wildman–Crippen MR) is 141 cm³/mol. The molecule has 0 unspecified atom stereocenters. The van der Waals surface area contributed by atoms with Crippen molar-refractivity contribution in [3.63, 3.8) is 0 Å². The topological polar surface area (TPSA) is 9.34 Å². The summed E-state index contributed by atoms with van der Waals surface area (Å²) in [6.45, 7) is 0. The highest BCUT2D eigenvalue weighted by Crippen LogP contribution is 2.44. The Morgan fingerprint density at radius 2 is 1.15 bits per heavy atom. The molecular formula is C31H20N2. The van der Waals surface area contributed by atoms with Crippen LogP contribution in [0.3, 0.4) is 0 Å². The van der Waals surface area contributed by atoms with E-state index in [2.05, 4.69) is 119 Å². The van der Waals surface area contributed by atoms with Crippen molar-refractivity contribution in [2.75, 3.05) is 0 Å². The summed E-state index contributed by atoms with van der Waals surface area (Å²) in [5, 5.41) is 7.94. The molecule has 0 amide bonds. The molecule has 0 aliphatic rings. The van der Waals surface area contributed by atoms with Gasteiger partial charge in [-0.3, -0.25) is 0 Å². The highest BCUT2D eigenvalue weighted by molar-refractivity contribution is 6.32. The van der Waals surface area contributed by atoms with Gasteiger partial charge in [0, 0.05) is 39.5 Å². The van der Waals surface area contributed by atoms with E-state index in [9.17, 15) is 0 Å². The summed E-state index contributed by atoms with van der Waals surface area (Å²) in [4.78, 5) is 0. The minimum absolute atomic E-state index is 1.25. The molecule has 8 aromatic rings. The molecule has 3 heterocycles. The van der Waals surface area contributed by atoms with E-state index in [1.807, 2.05) is 0 Å². The second-order valence-electron chi connectivity index (χ2n) is 9.07. The lowest BCUT2D eigenvalue weighted by molar-refractivity contribution is 1.01. The number of aromatic nitrogens is 2. The van der Waals surface area contributed by atoms with Crippen LogP contribution in [0.1, 0.15) is 0 Å². The van der Waals surface area contributed by atoms with Crippen molar-refractivity contribution < 1.29 is 0 Å². The fraction of sp³-hybridized carbons (Fsp3) is 0.0323. The lowest BCUT2D eigenvalue weighted by atomic mass is 10.0. The molecule has 8 rings (SSSR count). The van der Waals surface area contributed by atoms with Crippen molar-refractivity contribution in [3.8, 4) is 11.1 Å². The summed E-state index contributed by atoms with van der Waals surface area (Å²) in [5.74, 6) is 0. The quantitative estimate of drug-likeness (QED) is 0.253. The molecule has 0 saturated carbocycles. The minimum Gasteiger partial charge on any atom is -0.344 e. The Balaban J connectivity index is 1.72. The molecule has 33 heavy (non-hydrogen) atoms. The molecule has 2 nitrogen and oxygen atoms in total. The molecular weight excluding hydrogens is 400 g/mol. The molecule has 0 aliphatic carbocycles. The summed E-state index contributed by atoms with van der Waals surface area (Å²) in [6, 6.07) is 37.8. The fourth-order valence-corrected chi connectivity index (χ4v) is 6.02. The van der Waals surface area contributed by atoms with Crippen molar-refractivity contribution in [1.29, 1.82) is 0 Å². The van der Waals surface area contributed by atoms with Gasteiger partial charge in [-0.1, -0.05) is 72.8 Å². The molecule has 0 atom stereocenters. The average molecular weight is 421 g/mol. The molecule has 154 valence electrons. The molecule has 0 saturated heterocycles. The molecule has 0 aliphatic heterocycles. The third-order valence-electron chi connectivity index (χ3n) is 7.46. The number of hydrogen-bond donors (Lipinski definition) is 0. The molecule has 2 heteroatoms. The van der Waals surface area contributed by atoms with Crippen LogP contribution < -0.4 is 0 Å². The zero-order valence-corrected chi connectivity index (χ0v) is 18.2. The van der Waals surface area contributed by atoms with Gasteiger partial charge in [0.05, 0.1) is 22.1 Å². The van der Waals surface area contributed by atoms with Crippen LogP contribution in [0.2, 0.25) is 0 Å². The smallest absolute Gasteiger partial charge is 0.0641 e. The monoisotopic (exact) mass is 420 g/mol. The molecule has 3 aromatic heterocycles. The third kappa shape index (κ3) is 2.04. The first-order valence-electron chi connectivity index (χ1n) is 11.4. The van der Waals surface area contributed by atoms with E-state index in [0.29, 0.717) is 0 Å². The standard InChI is InChI=1S/C31H20N2/c1-32-27-13-7-11-22-21-10-5-6-12-25(21)33-26-16-14-20(19-8-3-2-4-9-19)18-24(26)23-15-17-28(32)30(29(22)27)31(23)33/h2-18H,1H3. The number of hydrogen-bond acceptors (Lipinski definition) is 0. The number of fused-ring (bicyclic) bond motifs is 6. The first-order chi connectivity index (χ1) is 16.3. The van der Waals surface area contributed by atoms with Crippen LogP contribution in [0, 0.1) is 0 Å². The predicted octanol–water partition coefficient (Wildman–Crippen LogP) is 8.15. The summed E-state index contributed by atoms with van der Waals surface area (Å²) < 4.78 is 4.84. The Bertz CT molecular complexity index is 2020. The highest BCUT2D eigenvalue weighted by Gasteiger charge is 2.21. The van der Waals surface area contributed by atoms with Crippen LogP contribution in [0.4, 0.5) is 0 Å². The molecule has 0 N–H and O–H groups in total. The van der Waals surface area contributed by atoms with E-state index in [0.717, 1.165) is 0 Å². The van der Waals surface area contributed by atoms with Gasteiger partial charge in [0.1, 0.15) is 0 Å². The zero-order valence-electron chi connectivity index (χ0n) is 18.2. The van der Waals surface area contributed by atoms with Gasteiger partial charge in [0.15, 0.2) is 0 Å². The molecule has 0 radical (unpaired) electrons. The summed E-state index contributed by atoms with van der Waals surface area (Å²) in [7, 11) is 2.19. The van der Waals surface area contributed by atoms with Gasteiger partial charge in [-0.05, 0) is 46.8 Å². The number of para-hydroxylation sites is 1. The number of nitrogens with zero attached hydrogens (tertiary/aromatic N) is 2. The second-order valence-corrected chi connectivity index (χ2v) is 9.07. The summed E-state index contributed by atoms with van der Waals surface area (Å²) in [6.07, 6.45) is 0. The van der Waals surface area contributed by atoms with Crippen LogP contribution in [-0.2, 0) is 7.05 Å². The summed E-state index contributed by atoms with van der Waals surface area (Å²) in [5.41, 5.74) is 8.90. The highest BCUT2D eigenvalue weighted by atomic mass is 15.0. The van der Waals surface area contributed by atoms with Crippen molar-refractivity contribution in [1.82, 2.24) is 8.97 Å². The Kier molecular flexibility index (Phi) is 3.11. The molecule has 5 aromatic carbocycles. The van der Waals surface area contributed by atoms with Crippen molar-refractivity contribution >= 4 is 59.9 Å². The summed E-state index contributed by atoms with van der Waals surface area (Å²) >= 11 is 0. The van der Waals surface area contributed by atoms with E-state index >= 15 is 0 Å². The third-order valence-corrected chi connectivity index (χ3v) is 7.46. The number of rotatable bonds is 1. The number of benzene rings is 5. The molecule has 0 spiro atoms. The largest absolute Gasteiger partial charge is 0.344 e. The van der Waals surface area contributed by atoms with Crippen molar-refractivity contribution in [2.45, 2.75) is 0 Å². The average Bonchev–Trinajstić information content (AvgIpc) is 3.31. The second kappa shape index (κ2) is 5.93. The maximum atomic E-state index is 2.50. The van der Waals surface area contributed by atoms with E-state index in [1.54, 1.807) is 0 Å². The fourth-order valence-electron chi connectivity index (χ4n) is 6.02. The van der Waals surface area contributed by atoms with E-state index < -0.39 is 0 Å². The lowest BCUT2D eigenvalue weighted by Gasteiger charge is -2.04. The normalized spacial score (nSPS) is 12.4. The van der Waals surface area contributed by atoms with Gasteiger partial charge >= 0.3 is 0 Å². The molecule has 0 fully saturated rings. The van der Waals surface area contributed by atoms with Crippen molar-refractivity contribution in [2.24, 2.45) is 7.05 Å². The van der Waals surface area contributed by atoms with Gasteiger partial charge in [-0.2, -0.15) is 0 Å². The van der Waals surface area contributed by atoms with Crippen LogP contribution in [0.15, 0.2) is 103 Å². The van der Waals surface area contributed by atoms with Gasteiger partial charge in [-0.25, -0.2) is 0 Å². The van der Waals surface area contributed by atoms with Crippen LogP contribution in [0.5, 0.6) is 0 Å². The van der Waals surface area contributed by atoms with Gasteiger partial charge < -0.3 is 8.97 Å². The Morgan fingerprint density at radius 3 is 2.06 bits per heavy atom. The molecule has 0 bridgehead atoms. The maximum absolute atomic E-state index is 2.50. The van der Waals surface area contributed by atoms with Gasteiger partial charge in [0.2, 0.25) is 0 Å². The maximum Gasteiger partial charge on any atom is 0.0641 e. The van der Waals surface area contributed by atoms with E-state index in [1.165, 1.54) is 71.0 Å². The number of aryl methyl sites for hydroxylation is 1. The van der Waals surface area contributed by atoms with Gasteiger partial charge in [0.25, 0.3) is 0 Å². The first-order valence-corrected chi connectivity index (χ1v) is 11.4. The van der Waals surface area contributed by atoms with Crippen molar-refractivity contribution in [3.05, 3.63) is 103 Å². The van der Waals surface area contributed by atoms with Crippen LogP contribution >= 0.6 is 0 Å². The first kappa shape index (κ1) is 17.3. The Hall–Kier alpha value is -4.30. The van der Waals surface area contributed by atoms with E-state index in [-0.39, 0.29) is 0 Å². The Labute approximate surface area is 190 Å². The Morgan fingerprint density at radius 1 is 0.455 bits per heavy atom. The minimum atomic E-state index is 1.25. The van der Waals surface area contributed by atoms with Crippen LogP contribution in [-0.4, -0.2) is 8.97 Å². The van der Waals surface area contributed by atoms with E-state index in [4.69, 9.17) is 0 Å². The van der Waals surface area contributed by atoms with Crippen LogP contribution in [0.25, 0.3) is 71.0 Å². The van der Waals surface area contributed by atoms with Gasteiger partial charge in [-0.15, -0.1) is 0 Å². The SMILES string of the molecule is Cn1c2cccc3c4ccccc4n4c5ccc(-c6ccccc6)cc5c5ccc1c(c32)c54. The lowest BCUT2D eigenvalue weighted by Crippen LogP contribution is -1.88.